The van der Waals surface area contributed by atoms with Crippen LogP contribution in [-0.2, 0) is 16.6 Å². The fraction of sp³-hybridized carbons (Fsp3) is 0.610. The predicted octanol–water partition coefficient (Wildman–Crippen LogP) is 6.40. The van der Waals surface area contributed by atoms with Crippen molar-refractivity contribution in [2.45, 2.75) is 135 Å². The van der Waals surface area contributed by atoms with Crippen molar-refractivity contribution in [3.63, 3.8) is 0 Å². The van der Waals surface area contributed by atoms with Crippen molar-refractivity contribution in [2.75, 3.05) is 6.54 Å². The molecule has 52 heavy (non-hydrogen) atoms. The maximum atomic E-state index is 13.9. The first-order chi connectivity index (χ1) is 25.2. The highest BCUT2D eigenvalue weighted by molar-refractivity contribution is 5.93. The van der Waals surface area contributed by atoms with Crippen molar-refractivity contribution in [1.82, 2.24) is 30.8 Å². The first-order valence-electron chi connectivity index (χ1n) is 19.5. The second-order valence-corrected chi connectivity index (χ2v) is 14.6. The summed E-state index contributed by atoms with van der Waals surface area (Å²) in [6.45, 7) is 16.0. The molecule has 11 heteroatoms. The molecule has 2 aromatic rings. The fourth-order valence-corrected chi connectivity index (χ4v) is 9.25. The number of aromatic amines is 1. The number of amides is 2. The van der Waals surface area contributed by atoms with E-state index < -0.39 is 11.3 Å². The Morgan fingerprint density at radius 1 is 1.19 bits per heavy atom. The largest absolute Gasteiger partial charge is 0.405 e. The molecular formula is C41H61N9O2. The van der Waals surface area contributed by atoms with Gasteiger partial charge in [0.1, 0.15) is 6.04 Å². The van der Waals surface area contributed by atoms with E-state index in [-0.39, 0.29) is 30.6 Å². The molecule has 1 aliphatic heterocycles. The summed E-state index contributed by atoms with van der Waals surface area (Å²) in [5.74, 6) is 1.43. The molecule has 2 heterocycles. The van der Waals surface area contributed by atoms with E-state index in [9.17, 15) is 14.9 Å². The average Bonchev–Trinajstić information content (AvgIpc) is 3.50. The number of carbonyl (C=O) groups is 2. The van der Waals surface area contributed by atoms with Gasteiger partial charge in [0.05, 0.1) is 18.0 Å². The Morgan fingerprint density at radius 2 is 1.92 bits per heavy atom. The number of primary amides is 1. The normalized spacial score (nSPS) is 25.5. The molecule has 282 valence electrons. The van der Waals surface area contributed by atoms with E-state index in [2.05, 4.69) is 65.7 Å². The van der Waals surface area contributed by atoms with Crippen molar-refractivity contribution in [3.8, 4) is 6.07 Å². The van der Waals surface area contributed by atoms with Gasteiger partial charge in [-0.05, 0) is 110 Å². The van der Waals surface area contributed by atoms with Crippen LogP contribution in [0.1, 0.15) is 132 Å². The van der Waals surface area contributed by atoms with Crippen molar-refractivity contribution >= 4 is 11.8 Å². The van der Waals surface area contributed by atoms with Gasteiger partial charge in [0.2, 0.25) is 11.8 Å². The minimum Gasteiger partial charge on any atom is -0.405 e. The summed E-state index contributed by atoms with van der Waals surface area (Å²) in [6, 6.07) is 8.03. The van der Waals surface area contributed by atoms with Gasteiger partial charge in [0.25, 0.3) is 0 Å². The minimum atomic E-state index is -0.761. The number of nitrogens with zero attached hydrogens (tertiary/aromatic N) is 5. The van der Waals surface area contributed by atoms with Crippen molar-refractivity contribution in [1.29, 1.82) is 5.26 Å². The summed E-state index contributed by atoms with van der Waals surface area (Å²) in [6.07, 6.45) is 15.9. The number of H-pyrrole nitrogens is 1. The number of likely N-dealkylation sites (tertiary alicyclic amines) is 1. The van der Waals surface area contributed by atoms with E-state index >= 15 is 0 Å². The number of piperidine rings is 1. The van der Waals surface area contributed by atoms with Crippen LogP contribution >= 0.6 is 0 Å². The second kappa shape index (κ2) is 19.0. The summed E-state index contributed by atoms with van der Waals surface area (Å²) in [7, 11) is 0. The number of fused-ring (bicyclic) bond motifs is 2. The average molecular weight is 712 g/mol. The lowest BCUT2D eigenvalue weighted by molar-refractivity contribution is -0.131. The lowest BCUT2D eigenvalue weighted by Gasteiger charge is -2.42. The lowest BCUT2D eigenvalue weighted by atomic mass is 9.64. The van der Waals surface area contributed by atoms with Gasteiger partial charge < -0.3 is 21.7 Å². The molecule has 2 amide bonds. The van der Waals surface area contributed by atoms with Crippen LogP contribution in [0.25, 0.3) is 0 Å². The molecule has 4 aliphatic rings. The van der Waals surface area contributed by atoms with Gasteiger partial charge in [-0.3, -0.25) is 9.59 Å². The fourth-order valence-electron chi connectivity index (χ4n) is 9.25. The minimum absolute atomic E-state index is 0.0145. The Hall–Kier alpha value is -4.30. The zero-order valence-corrected chi connectivity index (χ0v) is 31.9. The van der Waals surface area contributed by atoms with Gasteiger partial charge in [-0.1, -0.05) is 90.3 Å². The zero-order chi connectivity index (χ0) is 37.8. The van der Waals surface area contributed by atoms with E-state index in [1.807, 2.05) is 37.0 Å². The first-order valence-corrected chi connectivity index (χ1v) is 19.5. The number of rotatable bonds is 13. The maximum absolute atomic E-state index is 13.9. The molecule has 6 unspecified atom stereocenters. The number of aryl methyl sites for hydroxylation is 1. The number of nitriles is 1. The number of aromatic nitrogens is 4. The van der Waals surface area contributed by atoms with Gasteiger partial charge in [-0.25, -0.2) is 0 Å². The highest BCUT2D eigenvalue weighted by atomic mass is 16.2. The molecule has 1 aromatic heterocycles. The number of hydrogen-bond donors (Lipinski definition) is 4. The Labute approximate surface area is 310 Å². The van der Waals surface area contributed by atoms with Gasteiger partial charge in [0, 0.05) is 17.6 Å². The summed E-state index contributed by atoms with van der Waals surface area (Å²) in [5.41, 5.74) is 14.7. The number of carbonyl (C=O) groups excluding carboxylic acids is 2. The highest BCUT2D eigenvalue weighted by Gasteiger charge is 2.60. The first kappa shape index (κ1) is 40.5. The molecule has 11 nitrogen and oxygen atoms in total. The molecule has 1 aromatic carbocycles. The number of nitrogens with two attached hydrogens (primary N) is 2. The molecule has 3 fully saturated rings. The van der Waals surface area contributed by atoms with Crippen LogP contribution in [0, 0.1) is 29.1 Å². The monoisotopic (exact) mass is 711 g/mol. The van der Waals surface area contributed by atoms with Crippen molar-refractivity contribution in [2.24, 2.45) is 29.2 Å². The molecule has 0 bridgehead atoms. The standard InChI is InChI=1S/C37H50N8O2.C2H5N.C2H6/c1-4-6-8-13-30-24(5-2)14-15-26-18-27(35(39)47)16-17-31(26)37(30,36-41-43-44-42-36)20-32(25-11-9-7-10-12-25)40-22-33(46)45-28(21-38)19-29-23(3)34(29)45;1-2-3;1-2/h5,16-18,23,25,28-29,32,34,40H,2,4,6-15,19-20,22H2,1,3H3,(H2,39,47)(H,41,42,43,44);2H,1,3H2;1-2H3. The number of allylic oxidation sites excluding steroid dienone is 3. The Balaban J connectivity index is 0.00000115. The van der Waals surface area contributed by atoms with Crippen LogP contribution in [0.15, 0.2) is 54.8 Å². The molecule has 6 atom stereocenters. The molecule has 6 N–H and O–H groups in total. The van der Waals surface area contributed by atoms with Gasteiger partial charge in [-0.15, -0.1) is 10.2 Å². The smallest absolute Gasteiger partial charge is 0.248 e. The van der Waals surface area contributed by atoms with Gasteiger partial charge >= 0.3 is 0 Å². The third-order valence-corrected chi connectivity index (χ3v) is 11.8. The maximum Gasteiger partial charge on any atom is 0.248 e. The van der Waals surface area contributed by atoms with Crippen LogP contribution in [0.2, 0.25) is 0 Å². The van der Waals surface area contributed by atoms with Crippen LogP contribution < -0.4 is 16.8 Å². The molecular weight excluding hydrogens is 651 g/mol. The topological polar surface area (TPSA) is 180 Å². The molecule has 1 saturated heterocycles. The number of nitrogens with one attached hydrogen (secondary N) is 2. The van der Waals surface area contributed by atoms with E-state index in [4.69, 9.17) is 10.8 Å². The van der Waals surface area contributed by atoms with Crippen LogP contribution in [0.4, 0.5) is 0 Å². The third kappa shape index (κ3) is 8.49. The quantitative estimate of drug-likeness (QED) is 0.172. The Morgan fingerprint density at radius 3 is 2.54 bits per heavy atom. The predicted molar refractivity (Wildman–Crippen MR) is 206 cm³/mol. The summed E-state index contributed by atoms with van der Waals surface area (Å²) in [4.78, 5) is 28.1. The second-order valence-electron chi connectivity index (χ2n) is 14.6. The number of unbranched alkanes of at least 4 members (excludes halogenated alkanes) is 2. The lowest BCUT2D eigenvalue weighted by Crippen LogP contribution is -2.50. The summed E-state index contributed by atoms with van der Waals surface area (Å²) in [5, 5.41) is 29.9. The van der Waals surface area contributed by atoms with Crippen molar-refractivity contribution in [3.05, 3.63) is 77.3 Å². The molecule has 3 aliphatic carbocycles. The third-order valence-electron chi connectivity index (χ3n) is 11.8. The molecule has 6 rings (SSSR count). The Bertz CT molecular complexity index is 1590. The molecule has 2 saturated carbocycles. The molecule has 0 radical (unpaired) electrons. The van der Waals surface area contributed by atoms with Crippen molar-refractivity contribution < 1.29 is 9.59 Å². The van der Waals surface area contributed by atoms with E-state index in [1.165, 1.54) is 23.8 Å². The van der Waals surface area contributed by atoms with E-state index in [0.29, 0.717) is 35.6 Å². The highest BCUT2D eigenvalue weighted by Crippen LogP contribution is 2.53. The zero-order valence-electron chi connectivity index (χ0n) is 31.9. The molecule has 0 spiro atoms. The van der Waals surface area contributed by atoms with Gasteiger partial charge in [-0.2, -0.15) is 10.5 Å². The number of tetrazole rings is 1. The number of hydrogen-bond acceptors (Lipinski definition) is 8. The Kier molecular flexibility index (Phi) is 14.8. The summed E-state index contributed by atoms with van der Waals surface area (Å²) >= 11 is 0. The SMILES string of the molecule is C=CC1=C(CCCCC)C(CC(NCC(=O)N2C(C#N)CC3C(C)C32)C2CCCCC2)(c2nn[nH]n2)c2ccc(C(N)=O)cc2CC1.C=CN.CC. The summed E-state index contributed by atoms with van der Waals surface area (Å²) < 4.78 is 0. The van der Waals surface area contributed by atoms with Gasteiger partial charge in [0.15, 0.2) is 5.82 Å². The van der Waals surface area contributed by atoms with Crippen LogP contribution in [-0.4, -0.2) is 62.0 Å². The van der Waals surface area contributed by atoms with E-state index in [1.54, 1.807) is 0 Å². The van der Waals surface area contributed by atoms with E-state index in [0.717, 1.165) is 81.8 Å². The number of benzene rings is 1. The van der Waals surface area contributed by atoms with Crippen LogP contribution in [0.3, 0.4) is 0 Å². The van der Waals surface area contributed by atoms with Crippen LogP contribution in [0.5, 0.6) is 0 Å².